The molecule has 0 amide bonds. The van der Waals surface area contributed by atoms with Crippen LogP contribution in [0, 0.1) is 29.2 Å². The van der Waals surface area contributed by atoms with Crippen LogP contribution in [0.3, 0.4) is 0 Å². The van der Waals surface area contributed by atoms with Gasteiger partial charge in [-0.1, -0.05) is 6.07 Å². The van der Waals surface area contributed by atoms with Crippen molar-refractivity contribution in [1.29, 1.82) is 10.5 Å². The summed E-state index contributed by atoms with van der Waals surface area (Å²) in [6, 6.07) is 27.0. The average molecular weight is 408 g/mol. The lowest BCUT2D eigenvalue weighted by Gasteiger charge is -2.08. The molecule has 0 bridgehead atoms. The van der Waals surface area contributed by atoms with E-state index in [1.54, 1.807) is 18.2 Å². The van der Waals surface area contributed by atoms with Crippen LogP contribution < -0.4 is 0 Å². The number of hydrogen-bond donors (Lipinski definition) is 0. The van der Waals surface area contributed by atoms with Gasteiger partial charge in [0.2, 0.25) is 0 Å². The Morgan fingerprint density at radius 3 is 1.88 bits per heavy atom. The predicted molar refractivity (Wildman–Crippen MR) is 124 cm³/mol. The predicted octanol–water partition coefficient (Wildman–Crippen LogP) is 6.98. The summed E-state index contributed by atoms with van der Waals surface area (Å²) >= 11 is 0. The van der Waals surface area contributed by atoms with Crippen molar-refractivity contribution < 1.29 is 4.42 Å². The lowest BCUT2D eigenvalue weighted by atomic mass is 10.1. The number of rotatable bonds is 1. The third-order valence-corrected chi connectivity index (χ3v) is 5.85. The van der Waals surface area contributed by atoms with E-state index in [1.165, 1.54) is 0 Å². The molecule has 5 heteroatoms. The van der Waals surface area contributed by atoms with Gasteiger partial charge in [0.25, 0.3) is 0 Å². The first-order valence-electron chi connectivity index (χ1n) is 9.93. The molecule has 0 spiro atoms. The number of fused-ring (bicyclic) bond motifs is 6. The van der Waals surface area contributed by atoms with Gasteiger partial charge in [-0.15, -0.1) is 0 Å². The Kier molecular flexibility index (Phi) is 3.60. The van der Waals surface area contributed by atoms with E-state index in [-0.39, 0.29) is 0 Å². The van der Waals surface area contributed by atoms with Crippen molar-refractivity contribution >= 4 is 49.4 Å². The van der Waals surface area contributed by atoms with Crippen LogP contribution in [0.5, 0.6) is 0 Å². The summed E-state index contributed by atoms with van der Waals surface area (Å²) in [5.74, 6) is 0. The Labute approximate surface area is 182 Å². The molecule has 2 heterocycles. The molecule has 0 N–H and O–H groups in total. The van der Waals surface area contributed by atoms with Crippen LogP contribution in [0.1, 0.15) is 11.1 Å². The van der Waals surface area contributed by atoms with E-state index in [1.807, 2.05) is 48.5 Å². The molecule has 0 aliphatic heterocycles. The number of benzene rings is 4. The van der Waals surface area contributed by atoms with E-state index in [4.69, 9.17) is 11.0 Å². The first-order valence-corrected chi connectivity index (χ1v) is 9.93. The van der Waals surface area contributed by atoms with Gasteiger partial charge in [-0.3, -0.25) is 0 Å². The Balaban J connectivity index is 1.72. The maximum Gasteiger partial charge on any atom is 0.188 e. The van der Waals surface area contributed by atoms with Crippen LogP contribution in [-0.2, 0) is 0 Å². The molecule has 0 saturated heterocycles. The van der Waals surface area contributed by atoms with Crippen LogP contribution in [0.25, 0.3) is 54.3 Å². The van der Waals surface area contributed by atoms with Gasteiger partial charge in [0.15, 0.2) is 5.69 Å². The lowest BCUT2D eigenvalue weighted by Crippen LogP contribution is -1.93. The van der Waals surface area contributed by atoms with Crippen LogP contribution in [-0.4, -0.2) is 4.57 Å². The Hall–Kier alpha value is -5.05. The highest BCUT2D eigenvalue weighted by molar-refractivity contribution is 6.11. The summed E-state index contributed by atoms with van der Waals surface area (Å²) in [6.45, 7) is 7.33. The molecule has 2 aromatic heterocycles. The molecule has 0 unspecified atom stereocenters. The summed E-state index contributed by atoms with van der Waals surface area (Å²) < 4.78 is 8.10. The van der Waals surface area contributed by atoms with Crippen LogP contribution in [0.2, 0.25) is 0 Å². The van der Waals surface area contributed by atoms with E-state index in [0.717, 1.165) is 49.4 Å². The van der Waals surface area contributed by atoms with Gasteiger partial charge >= 0.3 is 0 Å². The van der Waals surface area contributed by atoms with E-state index >= 15 is 0 Å². The molecule has 4 aromatic carbocycles. The number of nitriles is 2. The van der Waals surface area contributed by atoms with E-state index in [0.29, 0.717) is 16.8 Å². The first kappa shape index (κ1) is 17.8. The van der Waals surface area contributed by atoms with Gasteiger partial charge in [-0.2, -0.15) is 10.5 Å². The molecule has 32 heavy (non-hydrogen) atoms. The Morgan fingerprint density at radius 2 is 1.28 bits per heavy atom. The van der Waals surface area contributed by atoms with Crippen molar-refractivity contribution in [1.82, 2.24) is 4.57 Å². The van der Waals surface area contributed by atoms with Crippen molar-refractivity contribution in [2.75, 3.05) is 0 Å². The molecule has 0 atom stereocenters. The highest BCUT2D eigenvalue weighted by atomic mass is 16.3. The van der Waals surface area contributed by atoms with Crippen molar-refractivity contribution in [2.24, 2.45) is 0 Å². The van der Waals surface area contributed by atoms with Crippen LogP contribution in [0.4, 0.5) is 5.69 Å². The average Bonchev–Trinajstić information content (AvgIpc) is 3.37. The SMILES string of the molecule is [C-]#[N+]c1ccc2oc3ccc(-n4c5ccc(C#N)cc5c5cc(C#N)ccc54)cc3c2c1. The molecule has 5 nitrogen and oxygen atoms in total. The van der Waals surface area contributed by atoms with Crippen LogP contribution in [0.15, 0.2) is 77.2 Å². The molecule has 0 fully saturated rings. The summed E-state index contributed by atoms with van der Waals surface area (Å²) in [7, 11) is 0. The fourth-order valence-corrected chi connectivity index (χ4v) is 4.40. The molecule has 0 aliphatic carbocycles. The number of aromatic nitrogens is 1. The number of furan rings is 1. The smallest absolute Gasteiger partial charge is 0.188 e. The molecule has 146 valence electrons. The summed E-state index contributed by atoms with van der Waals surface area (Å²) in [5, 5.41) is 22.5. The van der Waals surface area contributed by atoms with Crippen molar-refractivity contribution in [2.45, 2.75) is 0 Å². The maximum atomic E-state index is 9.39. The van der Waals surface area contributed by atoms with Gasteiger partial charge in [0.1, 0.15) is 11.2 Å². The summed E-state index contributed by atoms with van der Waals surface area (Å²) in [5.41, 5.74) is 6.03. The van der Waals surface area contributed by atoms with Gasteiger partial charge in [-0.25, -0.2) is 4.85 Å². The standard InChI is InChI=1S/C27H12N4O/c1-30-18-4-8-26-22(12-18)23-13-19(5-9-27(23)32-26)31-24-6-2-16(14-28)10-20(24)21-11-17(15-29)3-7-25(21)31/h2-13H. The highest BCUT2D eigenvalue weighted by Gasteiger charge is 2.15. The molecule has 6 aromatic rings. The van der Waals surface area contributed by atoms with Crippen molar-refractivity contribution in [3.63, 3.8) is 0 Å². The van der Waals surface area contributed by atoms with Gasteiger partial charge in [0, 0.05) is 27.2 Å². The second-order valence-corrected chi connectivity index (χ2v) is 7.60. The zero-order valence-electron chi connectivity index (χ0n) is 16.6. The minimum absolute atomic E-state index is 0.565. The molecule has 0 aliphatic rings. The second-order valence-electron chi connectivity index (χ2n) is 7.60. The molecule has 6 rings (SSSR count). The van der Waals surface area contributed by atoms with Crippen molar-refractivity contribution in [3.8, 4) is 17.8 Å². The first-order chi connectivity index (χ1) is 15.7. The largest absolute Gasteiger partial charge is 0.456 e. The number of nitrogens with zero attached hydrogens (tertiary/aromatic N) is 4. The van der Waals surface area contributed by atoms with E-state index in [9.17, 15) is 10.5 Å². The zero-order valence-corrected chi connectivity index (χ0v) is 16.6. The summed E-state index contributed by atoms with van der Waals surface area (Å²) in [4.78, 5) is 3.54. The Bertz CT molecular complexity index is 1800. The lowest BCUT2D eigenvalue weighted by molar-refractivity contribution is 0.669. The van der Waals surface area contributed by atoms with Crippen molar-refractivity contribution in [3.05, 3.63) is 95.3 Å². The quantitative estimate of drug-likeness (QED) is 0.276. The van der Waals surface area contributed by atoms with Crippen LogP contribution >= 0.6 is 0 Å². The number of hydrogen-bond acceptors (Lipinski definition) is 3. The molecular formula is C27H12N4O. The van der Waals surface area contributed by atoms with E-state index < -0.39 is 0 Å². The summed E-state index contributed by atoms with van der Waals surface area (Å²) in [6.07, 6.45) is 0. The van der Waals surface area contributed by atoms with Gasteiger partial charge in [-0.05, 0) is 66.7 Å². The topological polar surface area (TPSA) is 70.0 Å². The van der Waals surface area contributed by atoms with E-state index in [2.05, 4.69) is 27.6 Å². The third-order valence-electron chi connectivity index (χ3n) is 5.85. The highest BCUT2D eigenvalue weighted by Crippen LogP contribution is 2.37. The maximum absolute atomic E-state index is 9.39. The van der Waals surface area contributed by atoms with Gasteiger partial charge in [0.05, 0.1) is 40.9 Å². The minimum Gasteiger partial charge on any atom is -0.456 e. The molecule has 0 saturated carbocycles. The second kappa shape index (κ2) is 6.47. The normalized spacial score (nSPS) is 11.0. The fraction of sp³-hybridized carbons (Fsp3) is 0. The monoisotopic (exact) mass is 408 g/mol. The Morgan fingerprint density at radius 1 is 0.688 bits per heavy atom. The fourth-order valence-electron chi connectivity index (χ4n) is 4.40. The molecular weight excluding hydrogens is 396 g/mol. The zero-order chi connectivity index (χ0) is 21.8. The minimum atomic E-state index is 0.565. The third kappa shape index (κ3) is 2.42. The molecule has 0 radical (unpaired) electrons. The van der Waals surface area contributed by atoms with Gasteiger partial charge < -0.3 is 8.98 Å².